The number of carbonyl (C=O) groups excluding carboxylic acids is 1. The number of benzene rings is 1. The lowest BCUT2D eigenvalue weighted by Gasteiger charge is -2.32. The fourth-order valence-electron chi connectivity index (χ4n) is 3.52. The van der Waals surface area contributed by atoms with Gasteiger partial charge in [0.25, 0.3) is 0 Å². The molecule has 1 aliphatic rings. The molecule has 0 aliphatic carbocycles. The van der Waals surface area contributed by atoms with Gasteiger partial charge in [-0.2, -0.15) is 9.40 Å². The van der Waals surface area contributed by atoms with E-state index in [2.05, 4.69) is 5.10 Å². The van der Waals surface area contributed by atoms with E-state index in [1.165, 1.54) is 4.31 Å². The van der Waals surface area contributed by atoms with Crippen LogP contribution in [0, 0.1) is 5.92 Å². The van der Waals surface area contributed by atoms with Crippen LogP contribution < -0.4 is 0 Å². The van der Waals surface area contributed by atoms with Crippen LogP contribution in [0.5, 0.6) is 0 Å². The van der Waals surface area contributed by atoms with Crippen molar-refractivity contribution in [2.24, 2.45) is 5.92 Å². The molecule has 1 saturated heterocycles. The van der Waals surface area contributed by atoms with E-state index in [-0.39, 0.29) is 11.8 Å². The molecule has 0 saturated carbocycles. The third-order valence-corrected chi connectivity index (χ3v) is 7.37. The lowest BCUT2D eigenvalue weighted by atomic mass is 9.96. The van der Waals surface area contributed by atoms with Gasteiger partial charge in [0.05, 0.1) is 28.4 Å². The van der Waals surface area contributed by atoms with Gasteiger partial charge in [0.15, 0.2) is 0 Å². The standard InChI is InChI=1S/C19H25ClN4O3S/c1-3-24-18(17(20)13-21-24)14-22(2)19(25)15-9-11-23(12-10-15)28(26,27)16-7-5-4-6-8-16/h4-8,13,15H,3,9-12,14H2,1-2H3. The van der Waals surface area contributed by atoms with Gasteiger partial charge in [0.2, 0.25) is 15.9 Å². The molecular formula is C19H25ClN4O3S. The van der Waals surface area contributed by atoms with Gasteiger partial charge in [0.1, 0.15) is 0 Å². The number of hydrogen-bond donors (Lipinski definition) is 0. The number of aryl methyl sites for hydroxylation is 1. The van der Waals surface area contributed by atoms with Crippen molar-refractivity contribution in [2.45, 2.75) is 37.8 Å². The second-order valence-corrected chi connectivity index (χ2v) is 9.29. The number of nitrogens with zero attached hydrogens (tertiary/aromatic N) is 4. The minimum absolute atomic E-state index is 0.0108. The van der Waals surface area contributed by atoms with Crippen molar-refractivity contribution in [3.63, 3.8) is 0 Å². The van der Waals surface area contributed by atoms with Crippen molar-refractivity contribution in [3.05, 3.63) is 47.2 Å². The molecule has 1 fully saturated rings. The van der Waals surface area contributed by atoms with Crippen molar-refractivity contribution in [2.75, 3.05) is 20.1 Å². The van der Waals surface area contributed by atoms with Gasteiger partial charge >= 0.3 is 0 Å². The highest BCUT2D eigenvalue weighted by Crippen LogP contribution is 2.26. The first kappa shape index (κ1) is 20.8. The van der Waals surface area contributed by atoms with Crippen LogP contribution in [0.4, 0.5) is 0 Å². The van der Waals surface area contributed by atoms with Crippen LogP contribution in [0.3, 0.4) is 0 Å². The number of carbonyl (C=O) groups is 1. The highest BCUT2D eigenvalue weighted by atomic mass is 35.5. The molecule has 7 nitrogen and oxygen atoms in total. The molecule has 0 N–H and O–H groups in total. The number of rotatable bonds is 6. The first-order valence-electron chi connectivity index (χ1n) is 9.35. The molecule has 0 spiro atoms. The summed E-state index contributed by atoms with van der Waals surface area (Å²) in [6.45, 7) is 3.72. The molecule has 0 radical (unpaired) electrons. The van der Waals surface area contributed by atoms with Crippen molar-refractivity contribution in [1.29, 1.82) is 0 Å². The maximum Gasteiger partial charge on any atom is 0.243 e. The molecule has 152 valence electrons. The van der Waals surface area contributed by atoms with E-state index in [1.54, 1.807) is 53.2 Å². The lowest BCUT2D eigenvalue weighted by Crippen LogP contribution is -2.43. The number of halogens is 1. The van der Waals surface area contributed by atoms with Crippen LogP contribution in [0.15, 0.2) is 41.4 Å². The lowest BCUT2D eigenvalue weighted by molar-refractivity contribution is -0.136. The Kier molecular flexibility index (Phi) is 6.42. The summed E-state index contributed by atoms with van der Waals surface area (Å²) >= 11 is 6.19. The summed E-state index contributed by atoms with van der Waals surface area (Å²) < 4.78 is 28.7. The summed E-state index contributed by atoms with van der Waals surface area (Å²) in [5.74, 6) is -0.180. The number of sulfonamides is 1. The number of aromatic nitrogens is 2. The Hall–Kier alpha value is -1.90. The molecule has 9 heteroatoms. The minimum Gasteiger partial charge on any atom is -0.340 e. The molecule has 28 heavy (non-hydrogen) atoms. The van der Waals surface area contributed by atoms with E-state index < -0.39 is 10.0 Å². The number of amides is 1. The largest absolute Gasteiger partial charge is 0.340 e. The zero-order chi connectivity index (χ0) is 20.3. The van der Waals surface area contributed by atoms with Gasteiger partial charge in [-0.05, 0) is 31.9 Å². The van der Waals surface area contributed by atoms with Crippen LogP contribution in [0.25, 0.3) is 0 Å². The van der Waals surface area contributed by atoms with Gasteiger partial charge < -0.3 is 4.90 Å². The van der Waals surface area contributed by atoms with E-state index in [4.69, 9.17) is 11.6 Å². The first-order valence-corrected chi connectivity index (χ1v) is 11.2. The van der Waals surface area contributed by atoms with Gasteiger partial charge in [0, 0.05) is 32.6 Å². The Bertz CT molecular complexity index is 922. The zero-order valence-corrected chi connectivity index (χ0v) is 17.7. The molecule has 1 aromatic heterocycles. The van der Waals surface area contributed by atoms with Crippen LogP contribution in [-0.4, -0.2) is 53.4 Å². The summed E-state index contributed by atoms with van der Waals surface area (Å²) in [7, 11) is -1.76. The monoisotopic (exact) mass is 424 g/mol. The summed E-state index contributed by atoms with van der Waals surface area (Å²) in [5, 5.41) is 4.74. The van der Waals surface area contributed by atoms with Crippen molar-refractivity contribution in [3.8, 4) is 0 Å². The maximum atomic E-state index is 12.8. The number of piperidine rings is 1. The summed E-state index contributed by atoms with van der Waals surface area (Å²) in [5.41, 5.74) is 0.809. The molecule has 1 amide bonds. The normalized spacial score (nSPS) is 16.2. The average Bonchev–Trinajstić information content (AvgIpc) is 3.07. The SMILES string of the molecule is CCn1ncc(Cl)c1CN(C)C(=O)C1CCN(S(=O)(=O)c2ccccc2)CC1. The van der Waals surface area contributed by atoms with Crippen LogP contribution in [-0.2, 0) is 27.9 Å². The predicted octanol–water partition coefficient (Wildman–Crippen LogP) is 2.62. The first-order chi connectivity index (χ1) is 13.3. The van der Waals surface area contributed by atoms with Gasteiger partial charge in [-0.3, -0.25) is 9.48 Å². The minimum atomic E-state index is -3.51. The Morgan fingerprint density at radius 3 is 2.50 bits per heavy atom. The Labute approximate surface area is 170 Å². The molecule has 0 bridgehead atoms. The van der Waals surface area contributed by atoms with Gasteiger partial charge in [-0.1, -0.05) is 29.8 Å². The molecule has 0 unspecified atom stereocenters. The fraction of sp³-hybridized carbons (Fsp3) is 0.474. The van der Waals surface area contributed by atoms with Crippen molar-refractivity contribution >= 4 is 27.5 Å². The average molecular weight is 425 g/mol. The Morgan fingerprint density at radius 1 is 1.25 bits per heavy atom. The van der Waals surface area contributed by atoms with E-state index in [1.807, 2.05) is 6.92 Å². The van der Waals surface area contributed by atoms with Gasteiger partial charge in [-0.15, -0.1) is 0 Å². The number of hydrogen-bond acceptors (Lipinski definition) is 4. The van der Waals surface area contributed by atoms with E-state index >= 15 is 0 Å². The van der Waals surface area contributed by atoms with Gasteiger partial charge in [-0.25, -0.2) is 8.42 Å². The van der Waals surface area contributed by atoms with E-state index in [9.17, 15) is 13.2 Å². The molecule has 1 aliphatic heterocycles. The highest BCUT2D eigenvalue weighted by Gasteiger charge is 2.33. The Balaban J connectivity index is 1.61. The van der Waals surface area contributed by atoms with Crippen LogP contribution >= 0.6 is 11.6 Å². The maximum absolute atomic E-state index is 12.8. The van der Waals surface area contributed by atoms with Crippen molar-refractivity contribution in [1.82, 2.24) is 19.0 Å². The predicted molar refractivity (Wildman–Crippen MR) is 107 cm³/mol. The summed E-state index contributed by atoms with van der Waals surface area (Å²) in [6.07, 6.45) is 2.61. The van der Waals surface area contributed by atoms with E-state index in [0.29, 0.717) is 48.9 Å². The molecule has 2 aromatic rings. The smallest absolute Gasteiger partial charge is 0.243 e. The van der Waals surface area contributed by atoms with E-state index in [0.717, 1.165) is 5.69 Å². The summed E-state index contributed by atoms with van der Waals surface area (Å²) in [6, 6.07) is 8.41. The quantitative estimate of drug-likeness (QED) is 0.714. The molecule has 0 atom stereocenters. The third-order valence-electron chi connectivity index (χ3n) is 5.14. The molecular weight excluding hydrogens is 400 g/mol. The highest BCUT2D eigenvalue weighted by molar-refractivity contribution is 7.89. The molecule has 3 rings (SSSR count). The second kappa shape index (κ2) is 8.63. The zero-order valence-electron chi connectivity index (χ0n) is 16.1. The topological polar surface area (TPSA) is 75.5 Å². The second-order valence-electron chi connectivity index (χ2n) is 6.94. The fourth-order valence-corrected chi connectivity index (χ4v) is 5.21. The summed E-state index contributed by atoms with van der Waals surface area (Å²) in [4.78, 5) is 14.8. The Morgan fingerprint density at radius 2 is 1.89 bits per heavy atom. The van der Waals surface area contributed by atoms with Crippen molar-refractivity contribution < 1.29 is 13.2 Å². The van der Waals surface area contributed by atoms with Crippen LogP contribution in [0.2, 0.25) is 5.02 Å². The molecule has 1 aromatic carbocycles. The molecule has 2 heterocycles. The third kappa shape index (κ3) is 4.24. The van der Waals surface area contributed by atoms with Crippen LogP contribution in [0.1, 0.15) is 25.5 Å².